The van der Waals surface area contributed by atoms with E-state index in [1.807, 2.05) is 0 Å². The predicted molar refractivity (Wildman–Crippen MR) is 141 cm³/mol. The highest BCUT2D eigenvalue weighted by atomic mass is 35.5. The fourth-order valence-corrected chi connectivity index (χ4v) is 6.69. The second kappa shape index (κ2) is 10.7. The van der Waals surface area contributed by atoms with Crippen LogP contribution in [0.2, 0.25) is 5.15 Å². The van der Waals surface area contributed by atoms with Crippen LogP contribution in [0.15, 0.2) is 29.3 Å². The maximum atomic E-state index is 14.0. The SMILES string of the molecule is CCn1cc(S(=O)(=O)N2C[C@@H](CC(C)(C)C3NOC(=O)N3)Oc3ccc(N(C(=O)[O-])C(C)(C)C(F)(F)F)cc32)c(Cl)n1. The van der Waals surface area contributed by atoms with E-state index in [-0.39, 0.29) is 39.4 Å². The number of benzene rings is 1. The lowest BCUT2D eigenvalue weighted by Crippen LogP contribution is -2.60. The summed E-state index contributed by atoms with van der Waals surface area (Å²) in [6, 6.07) is 3.22. The number of amides is 2. The van der Waals surface area contributed by atoms with Gasteiger partial charge in [-0.05, 0) is 45.4 Å². The fourth-order valence-electron chi connectivity index (χ4n) is 4.74. The predicted octanol–water partition coefficient (Wildman–Crippen LogP) is 2.99. The minimum absolute atomic E-state index is 0.00378. The Bertz CT molecular complexity index is 1500. The number of carbonyl (C=O) groups excluding carboxylic acids is 2. The van der Waals surface area contributed by atoms with Crippen LogP contribution < -0.4 is 29.8 Å². The number of halogens is 4. The van der Waals surface area contributed by atoms with Crippen molar-refractivity contribution >= 4 is 45.2 Å². The zero-order chi connectivity index (χ0) is 31.4. The number of hydrogen-bond donors (Lipinski definition) is 2. The van der Waals surface area contributed by atoms with E-state index in [9.17, 15) is 36.3 Å². The number of hydroxylamine groups is 1. The molecule has 2 aliphatic rings. The molecule has 13 nitrogen and oxygen atoms in total. The van der Waals surface area contributed by atoms with Crippen LogP contribution in [-0.4, -0.2) is 60.9 Å². The summed E-state index contributed by atoms with van der Waals surface area (Å²) in [6.07, 6.45) is -7.96. The van der Waals surface area contributed by atoms with Gasteiger partial charge in [-0.3, -0.25) is 8.99 Å². The quantitative estimate of drug-likeness (QED) is 0.444. The van der Waals surface area contributed by atoms with Crippen LogP contribution in [0.25, 0.3) is 0 Å². The second-order valence-corrected chi connectivity index (χ2v) is 13.2. The number of sulfonamides is 1. The van der Waals surface area contributed by atoms with Crippen LogP contribution in [0, 0.1) is 5.41 Å². The molecule has 2 atom stereocenters. The molecule has 0 saturated carbocycles. The van der Waals surface area contributed by atoms with Crippen molar-refractivity contribution in [1.82, 2.24) is 20.6 Å². The van der Waals surface area contributed by atoms with E-state index >= 15 is 0 Å². The number of nitrogens with one attached hydrogen (secondary N) is 2. The number of hydrogen-bond acceptors (Lipinski definition) is 9. The molecule has 2 amide bonds. The first-order valence-corrected chi connectivity index (χ1v) is 14.5. The molecule has 232 valence electrons. The third-order valence-electron chi connectivity index (χ3n) is 7.21. The van der Waals surface area contributed by atoms with Crippen molar-refractivity contribution in [2.75, 3.05) is 15.7 Å². The zero-order valence-electron chi connectivity index (χ0n) is 23.2. The van der Waals surface area contributed by atoms with Gasteiger partial charge < -0.3 is 29.7 Å². The molecule has 1 unspecified atom stereocenters. The normalized spacial score (nSPS) is 19.5. The van der Waals surface area contributed by atoms with Gasteiger partial charge in [-0.1, -0.05) is 25.4 Å². The summed E-state index contributed by atoms with van der Waals surface area (Å²) < 4.78 is 77.9. The Hall–Kier alpha value is -3.44. The van der Waals surface area contributed by atoms with Gasteiger partial charge in [-0.25, -0.2) is 13.2 Å². The number of nitrogens with zero attached hydrogens (tertiary/aromatic N) is 4. The molecule has 0 radical (unpaired) electrons. The average Bonchev–Trinajstić information content (AvgIpc) is 3.48. The summed E-state index contributed by atoms with van der Waals surface area (Å²) in [5, 5.41) is 18.2. The molecule has 42 heavy (non-hydrogen) atoms. The summed E-state index contributed by atoms with van der Waals surface area (Å²) in [4.78, 5) is 27.9. The van der Waals surface area contributed by atoms with E-state index in [2.05, 4.69) is 15.9 Å². The molecule has 18 heteroatoms. The number of aromatic nitrogens is 2. The Balaban J connectivity index is 1.82. The highest BCUT2D eigenvalue weighted by Crippen LogP contribution is 2.45. The van der Waals surface area contributed by atoms with Gasteiger partial charge in [-0.2, -0.15) is 18.3 Å². The van der Waals surface area contributed by atoms with E-state index in [1.54, 1.807) is 20.8 Å². The van der Waals surface area contributed by atoms with Gasteiger partial charge in [0.05, 0.1) is 12.2 Å². The smallest absolute Gasteiger partial charge is 0.427 e. The molecule has 4 rings (SSSR count). The molecule has 2 N–H and O–H groups in total. The Morgan fingerprint density at radius 2 is 1.93 bits per heavy atom. The molecule has 0 spiro atoms. The fraction of sp³-hybridized carbons (Fsp3) is 0.542. The van der Waals surface area contributed by atoms with Gasteiger partial charge in [0.15, 0.2) is 5.15 Å². The third-order valence-corrected chi connectivity index (χ3v) is 9.38. The van der Waals surface area contributed by atoms with Crippen molar-refractivity contribution < 1.29 is 45.9 Å². The molecule has 0 bridgehead atoms. The second-order valence-electron chi connectivity index (χ2n) is 11.0. The lowest BCUT2D eigenvalue weighted by atomic mass is 9.83. The minimum atomic E-state index is -5.00. The van der Waals surface area contributed by atoms with E-state index in [0.29, 0.717) is 20.4 Å². The molecule has 1 aromatic heterocycles. The molecule has 0 aliphatic carbocycles. The van der Waals surface area contributed by atoms with Crippen LogP contribution in [0.3, 0.4) is 0 Å². The summed E-state index contributed by atoms with van der Waals surface area (Å²) in [5.74, 6) is -0.0452. The van der Waals surface area contributed by atoms with Crippen LogP contribution in [-0.2, 0) is 21.4 Å². The number of aryl methyl sites for hydroxylation is 1. The summed E-state index contributed by atoms with van der Waals surface area (Å²) in [6.45, 7) is 6.54. The van der Waals surface area contributed by atoms with Crippen molar-refractivity contribution in [3.63, 3.8) is 0 Å². The number of carboxylic acid groups (broad SMARTS) is 1. The van der Waals surface area contributed by atoms with E-state index in [1.165, 1.54) is 16.9 Å². The van der Waals surface area contributed by atoms with Crippen LogP contribution in [0.5, 0.6) is 5.75 Å². The van der Waals surface area contributed by atoms with Crippen LogP contribution >= 0.6 is 11.6 Å². The Morgan fingerprint density at radius 3 is 2.45 bits per heavy atom. The molecule has 3 heterocycles. The maximum absolute atomic E-state index is 14.0. The van der Waals surface area contributed by atoms with Crippen LogP contribution in [0.1, 0.15) is 41.0 Å². The van der Waals surface area contributed by atoms with Gasteiger partial charge in [0, 0.05) is 23.8 Å². The molecule has 1 saturated heterocycles. The number of ether oxygens (including phenoxy) is 1. The number of anilines is 2. The van der Waals surface area contributed by atoms with Gasteiger partial charge in [-0.15, -0.1) is 5.48 Å². The first-order chi connectivity index (χ1) is 19.3. The number of carbonyl (C=O) groups is 2. The van der Waals surface area contributed by atoms with Crippen LogP contribution in [0.4, 0.5) is 34.1 Å². The first kappa shape index (κ1) is 31.5. The van der Waals surface area contributed by atoms with Crippen molar-refractivity contribution in [3.05, 3.63) is 29.5 Å². The van der Waals surface area contributed by atoms with E-state index in [0.717, 1.165) is 16.4 Å². The monoisotopic (exact) mass is 637 g/mol. The number of fused-ring (bicyclic) bond motifs is 1. The van der Waals surface area contributed by atoms with Gasteiger partial charge in [0.1, 0.15) is 34.5 Å². The lowest BCUT2D eigenvalue weighted by molar-refractivity contribution is -0.254. The minimum Gasteiger partial charge on any atom is -0.530 e. The highest BCUT2D eigenvalue weighted by molar-refractivity contribution is 7.93. The van der Waals surface area contributed by atoms with Gasteiger partial charge in [0.2, 0.25) is 0 Å². The Labute approximate surface area is 244 Å². The Kier molecular flexibility index (Phi) is 8.01. The van der Waals surface area contributed by atoms with E-state index in [4.69, 9.17) is 21.2 Å². The van der Waals surface area contributed by atoms with Crippen molar-refractivity contribution in [3.8, 4) is 5.75 Å². The first-order valence-electron chi connectivity index (χ1n) is 12.7. The maximum Gasteiger partial charge on any atom is 0.427 e. The van der Waals surface area contributed by atoms with Gasteiger partial charge in [0.25, 0.3) is 10.0 Å². The molecule has 2 aliphatic heterocycles. The topological polar surface area (TPSA) is 158 Å². The zero-order valence-corrected chi connectivity index (χ0v) is 24.7. The largest absolute Gasteiger partial charge is 0.530 e. The van der Waals surface area contributed by atoms with Crippen molar-refractivity contribution in [2.45, 2.75) is 76.5 Å². The molecular formula is C24H29ClF3N6O7S-. The molecular weight excluding hydrogens is 609 g/mol. The number of rotatable bonds is 8. The molecule has 1 fully saturated rings. The van der Waals surface area contributed by atoms with E-state index < -0.39 is 57.3 Å². The summed E-state index contributed by atoms with van der Waals surface area (Å²) >= 11 is 6.18. The average molecular weight is 638 g/mol. The third kappa shape index (κ3) is 5.64. The van der Waals surface area contributed by atoms with Crippen molar-refractivity contribution in [2.24, 2.45) is 5.41 Å². The van der Waals surface area contributed by atoms with Gasteiger partial charge >= 0.3 is 12.3 Å². The Morgan fingerprint density at radius 1 is 1.26 bits per heavy atom. The molecule has 1 aromatic carbocycles. The van der Waals surface area contributed by atoms with Crippen molar-refractivity contribution in [1.29, 1.82) is 0 Å². The number of alkyl halides is 3. The highest BCUT2D eigenvalue weighted by Gasteiger charge is 2.52. The summed E-state index contributed by atoms with van der Waals surface area (Å²) in [7, 11) is -4.51. The summed E-state index contributed by atoms with van der Waals surface area (Å²) in [5.41, 5.74) is -1.84. The lowest BCUT2D eigenvalue weighted by Gasteiger charge is -2.43. The molecule has 2 aromatic rings. The standard InChI is InChI=1S/C24H30ClF3N6O7S/c1-6-32-12-17(18(25)30-32)42(38,39)33-11-14(10-22(2,3)19-29-20(35)41-31-19)40-16-8-7-13(9-15(16)33)34(21(36)37)23(4,5)24(26,27)28/h7-9,12,14,19,31H,6,10-11H2,1-5H3,(H,29,35)(H,36,37)/p-1/t14-,19?/m1/s1.